The van der Waals surface area contributed by atoms with Crippen LogP contribution in [-0.4, -0.2) is 66.7 Å². The molecule has 22 heavy (non-hydrogen) atoms. The maximum Gasteiger partial charge on any atom is 0.418 e. The first kappa shape index (κ1) is 16.9. The molecule has 2 aliphatic heterocycles. The molecule has 0 radical (unpaired) electrons. The minimum absolute atomic E-state index is 0.134. The topological polar surface area (TPSA) is 151 Å². The molecule has 2 heterocycles. The van der Waals surface area contributed by atoms with E-state index in [0.29, 0.717) is 30.9 Å². The van der Waals surface area contributed by atoms with Crippen LogP contribution >= 0.6 is 0 Å². The Balaban J connectivity index is 1.95. The Hall–Kier alpha value is -1.47. The van der Waals surface area contributed by atoms with Crippen molar-refractivity contribution in [2.45, 2.75) is 31.3 Å². The number of nitrogens with zero attached hydrogens (tertiary/aromatic N) is 2. The SMILES string of the molecule is NCCCONC(=O)C1CCC2CN1C(=O)N2OS(=O)(=O)O. The fourth-order valence-corrected chi connectivity index (χ4v) is 2.84. The van der Waals surface area contributed by atoms with E-state index in [-0.39, 0.29) is 13.2 Å². The van der Waals surface area contributed by atoms with Gasteiger partial charge in [-0.05, 0) is 25.8 Å². The molecule has 2 atom stereocenters. The van der Waals surface area contributed by atoms with Crippen molar-refractivity contribution >= 4 is 22.3 Å². The second-order valence-electron chi connectivity index (χ2n) is 4.97. The van der Waals surface area contributed by atoms with E-state index >= 15 is 0 Å². The van der Waals surface area contributed by atoms with Crippen molar-refractivity contribution in [2.75, 3.05) is 19.7 Å². The Morgan fingerprint density at radius 3 is 2.82 bits per heavy atom. The number of urea groups is 1. The van der Waals surface area contributed by atoms with E-state index in [1.807, 2.05) is 0 Å². The number of fused-ring (bicyclic) bond motifs is 2. The number of nitrogens with one attached hydrogen (secondary N) is 1. The second-order valence-corrected chi connectivity index (χ2v) is 5.97. The molecule has 126 valence electrons. The van der Waals surface area contributed by atoms with Crippen LogP contribution in [0.1, 0.15) is 19.3 Å². The third kappa shape index (κ3) is 3.84. The van der Waals surface area contributed by atoms with Crippen LogP contribution in [0, 0.1) is 0 Å². The molecule has 4 N–H and O–H groups in total. The van der Waals surface area contributed by atoms with Crippen LogP contribution in [0.25, 0.3) is 0 Å². The van der Waals surface area contributed by atoms with Crippen LogP contribution in [0.4, 0.5) is 4.79 Å². The highest BCUT2D eigenvalue weighted by atomic mass is 32.3. The number of nitrogens with two attached hydrogens (primary N) is 1. The molecule has 2 aliphatic rings. The van der Waals surface area contributed by atoms with Gasteiger partial charge < -0.3 is 10.6 Å². The third-order valence-electron chi connectivity index (χ3n) is 3.42. The Morgan fingerprint density at radius 1 is 1.45 bits per heavy atom. The first-order valence-electron chi connectivity index (χ1n) is 6.72. The van der Waals surface area contributed by atoms with Crippen molar-refractivity contribution in [1.29, 1.82) is 0 Å². The van der Waals surface area contributed by atoms with Gasteiger partial charge >= 0.3 is 16.4 Å². The summed E-state index contributed by atoms with van der Waals surface area (Å²) in [7, 11) is -4.80. The van der Waals surface area contributed by atoms with Crippen molar-refractivity contribution < 1.29 is 31.7 Å². The fourth-order valence-electron chi connectivity index (χ4n) is 2.45. The molecule has 2 saturated heterocycles. The van der Waals surface area contributed by atoms with Gasteiger partial charge in [0.15, 0.2) is 0 Å². The summed E-state index contributed by atoms with van der Waals surface area (Å²) in [5.74, 6) is -0.502. The number of hydrogen-bond acceptors (Lipinski definition) is 7. The van der Waals surface area contributed by atoms with E-state index in [1.54, 1.807) is 0 Å². The quantitative estimate of drug-likeness (QED) is 0.285. The molecule has 0 aromatic rings. The van der Waals surface area contributed by atoms with Gasteiger partial charge in [0.25, 0.3) is 5.91 Å². The molecule has 12 heteroatoms. The minimum Gasteiger partial charge on any atom is -0.330 e. The lowest BCUT2D eigenvalue weighted by molar-refractivity contribution is -0.138. The molecule has 0 aromatic heterocycles. The maximum atomic E-state index is 12.1. The lowest BCUT2D eigenvalue weighted by atomic mass is 10.0. The fraction of sp³-hybridized carbons (Fsp3) is 0.800. The van der Waals surface area contributed by atoms with E-state index < -0.39 is 34.4 Å². The monoisotopic (exact) mass is 338 g/mol. The van der Waals surface area contributed by atoms with Crippen molar-refractivity contribution in [3.8, 4) is 0 Å². The highest BCUT2D eigenvalue weighted by Gasteiger charge is 2.49. The molecule has 0 aliphatic carbocycles. The zero-order valence-electron chi connectivity index (χ0n) is 11.7. The lowest BCUT2D eigenvalue weighted by Crippen LogP contribution is -2.49. The highest BCUT2D eigenvalue weighted by molar-refractivity contribution is 7.80. The zero-order chi connectivity index (χ0) is 16.3. The van der Waals surface area contributed by atoms with Crippen LogP contribution < -0.4 is 11.2 Å². The largest absolute Gasteiger partial charge is 0.418 e. The van der Waals surface area contributed by atoms with Gasteiger partial charge in [-0.1, -0.05) is 0 Å². The highest BCUT2D eigenvalue weighted by Crippen LogP contribution is 2.30. The molecule has 2 rings (SSSR count). The van der Waals surface area contributed by atoms with Crippen LogP contribution in [0.3, 0.4) is 0 Å². The number of piperidine rings is 1. The predicted octanol–water partition coefficient (Wildman–Crippen LogP) is -1.61. The number of carbonyl (C=O) groups excluding carboxylic acids is 2. The van der Waals surface area contributed by atoms with Crippen LogP contribution in [0.15, 0.2) is 0 Å². The van der Waals surface area contributed by atoms with Crippen molar-refractivity contribution in [3.63, 3.8) is 0 Å². The Bertz CT molecular complexity index is 539. The first-order valence-corrected chi connectivity index (χ1v) is 8.08. The smallest absolute Gasteiger partial charge is 0.330 e. The van der Waals surface area contributed by atoms with Crippen LogP contribution in [-0.2, 0) is 24.3 Å². The third-order valence-corrected chi connectivity index (χ3v) is 3.77. The van der Waals surface area contributed by atoms with Gasteiger partial charge in [-0.15, -0.1) is 4.28 Å². The summed E-state index contributed by atoms with van der Waals surface area (Å²) in [6, 6.07) is -2.10. The van der Waals surface area contributed by atoms with Crippen molar-refractivity contribution in [2.24, 2.45) is 5.73 Å². The number of carbonyl (C=O) groups is 2. The normalized spacial score (nSPS) is 24.7. The average molecular weight is 338 g/mol. The molecule has 3 amide bonds. The van der Waals surface area contributed by atoms with E-state index in [0.717, 1.165) is 0 Å². The summed E-state index contributed by atoms with van der Waals surface area (Å²) in [6.45, 7) is 0.812. The van der Waals surface area contributed by atoms with Gasteiger partial charge in [0.1, 0.15) is 6.04 Å². The van der Waals surface area contributed by atoms with E-state index in [1.165, 1.54) is 4.90 Å². The molecule has 0 saturated carbocycles. The number of rotatable bonds is 7. The van der Waals surface area contributed by atoms with Crippen molar-refractivity contribution in [3.05, 3.63) is 0 Å². The Morgan fingerprint density at radius 2 is 2.18 bits per heavy atom. The molecule has 0 spiro atoms. The summed E-state index contributed by atoms with van der Waals surface area (Å²) in [5.41, 5.74) is 7.52. The molecule has 0 aromatic carbocycles. The molecule has 2 fully saturated rings. The Labute approximate surface area is 127 Å². The first-order chi connectivity index (χ1) is 10.3. The van der Waals surface area contributed by atoms with Gasteiger partial charge in [-0.2, -0.15) is 13.5 Å². The maximum absolute atomic E-state index is 12.1. The van der Waals surface area contributed by atoms with Gasteiger partial charge in [0.05, 0.1) is 12.6 Å². The summed E-state index contributed by atoms with van der Waals surface area (Å²) in [4.78, 5) is 30.2. The molecule has 2 bridgehead atoms. The van der Waals surface area contributed by atoms with Gasteiger partial charge in [0, 0.05) is 6.54 Å². The minimum atomic E-state index is -4.80. The van der Waals surface area contributed by atoms with E-state index in [4.69, 9.17) is 15.1 Å². The average Bonchev–Trinajstić information content (AvgIpc) is 2.67. The molecular weight excluding hydrogens is 320 g/mol. The molecular formula is C10H18N4O7S. The van der Waals surface area contributed by atoms with Crippen LogP contribution in [0.2, 0.25) is 0 Å². The standard InChI is InChI=1S/C10H18N4O7S/c11-4-1-5-20-12-9(15)8-3-2-7-6-13(8)10(16)14(7)21-22(17,18)19/h7-8H,1-6,11H2,(H,12,15)(H,17,18,19). The van der Waals surface area contributed by atoms with E-state index in [2.05, 4.69) is 9.76 Å². The summed E-state index contributed by atoms with van der Waals surface area (Å²) in [5, 5.41) is 0.581. The number of hydrogen-bond donors (Lipinski definition) is 3. The molecule has 11 nitrogen and oxygen atoms in total. The van der Waals surface area contributed by atoms with Gasteiger partial charge in [0.2, 0.25) is 0 Å². The predicted molar refractivity (Wildman–Crippen MR) is 71.2 cm³/mol. The summed E-state index contributed by atoms with van der Waals surface area (Å²) in [6.07, 6.45) is 1.26. The van der Waals surface area contributed by atoms with Gasteiger partial charge in [-0.25, -0.2) is 10.3 Å². The second kappa shape index (κ2) is 6.75. The zero-order valence-corrected chi connectivity index (χ0v) is 12.5. The summed E-state index contributed by atoms with van der Waals surface area (Å²) < 4.78 is 34.4. The summed E-state index contributed by atoms with van der Waals surface area (Å²) >= 11 is 0. The lowest BCUT2D eigenvalue weighted by Gasteiger charge is -2.28. The molecule has 2 unspecified atom stereocenters. The Kier molecular flexibility index (Phi) is 5.18. The van der Waals surface area contributed by atoms with Crippen molar-refractivity contribution in [1.82, 2.24) is 15.4 Å². The number of amides is 3. The van der Waals surface area contributed by atoms with Gasteiger partial charge in [-0.3, -0.25) is 14.2 Å². The number of hydroxylamine groups is 3. The van der Waals surface area contributed by atoms with E-state index in [9.17, 15) is 18.0 Å². The van der Waals surface area contributed by atoms with Crippen LogP contribution in [0.5, 0.6) is 0 Å².